The maximum absolute atomic E-state index is 6.07. The van der Waals surface area contributed by atoms with Crippen LogP contribution in [0.3, 0.4) is 0 Å². The first-order valence-corrected chi connectivity index (χ1v) is 8.20. The van der Waals surface area contributed by atoms with Crippen LogP contribution in [0.25, 0.3) is 0 Å². The first kappa shape index (κ1) is 15.7. The van der Waals surface area contributed by atoms with Crippen LogP contribution in [0.1, 0.15) is 24.8 Å². The van der Waals surface area contributed by atoms with Crippen molar-refractivity contribution in [2.45, 2.75) is 25.8 Å². The quantitative estimate of drug-likeness (QED) is 0.908. The number of methoxy groups -OCH3 is 1. The Balaban J connectivity index is 1.85. The van der Waals surface area contributed by atoms with Gasteiger partial charge in [-0.05, 0) is 55.7 Å². The summed E-state index contributed by atoms with van der Waals surface area (Å²) in [6.07, 6.45) is 3.80. The normalized spacial score (nSPS) is 14.6. The Morgan fingerprint density at radius 2 is 1.65 bits per heavy atom. The second-order valence-corrected chi connectivity index (χ2v) is 5.78. The molecule has 0 radical (unpaired) electrons. The summed E-state index contributed by atoms with van der Waals surface area (Å²) in [6, 6.07) is 13.8. The van der Waals surface area contributed by atoms with Gasteiger partial charge in [-0.1, -0.05) is 6.07 Å². The number of anilines is 1. The molecule has 1 aliphatic rings. The second kappa shape index (κ2) is 7.38. The smallest absolute Gasteiger partial charge is 0.133 e. The van der Waals surface area contributed by atoms with Crippen molar-refractivity contribution in [3.8, 4) is 17.2 Å². The molecule has 0 aliphatic carbocycles. The summed E-state index contributed by atoms with van der Waals surface area (Å²) in [7, 11) is 1.66. The van der Waals surface area contributed by atoms with Gasteiger partial charge in [-0.25, -0.2) is 0 Å². The van der Waals surface area contributed by atoms with E-state index < -0.39 is 0 Å². The summed E-state index contributed by atoms with van der Waals surface area (Å²) in [5, 5.41) is 0. The summed E-state index contributed by atoms with van der Waals surface area (Å²) >= 11 is 0. The van der Waals surface area contributed by atoms with Crippen LogP contribution in [0.15, 0.2) is 42.5 Å². The van der Waals surface area contributed by atoms with Crippen LogP contribution >= 0.6 is 0 Å². The lowest BCUT2D eigenvalue weighted by atomic mass is 10.1. The molecule has 23 heavy (non-hydrogen) atoms. The number of benzene rings is 2. The lowest BCUT2D eigenvalue weighted by molar-refractivity contribution is 0.412. The SMILES string of the molecule is COc1ccc(Oc2cccc(N3CCCCC3)c2CN)cc1. The fraction of sp³-hybridized carbons (Fsp3) is 0.368. The minimum Gasteiger partial charge on any atom is -0.497 e. The molecule has 1 fully saturated rings. The molecule has 2 aromatic rings. The highest BCUT2D eigenvalue weighted by molar-refractivity contribution is 5.60. The minimum absolute atomic E-state index is 0.470. The van der Waals surface area contributed by atoms with E-state index in [0.29, 0.717) is 6.54 Å². The summed E-state index contributed by atoms with van der Waals surface area (Å²) < 4.78 is 11.2. The van der Waals surface area contributed by atoms with Crippen molar-refractivity contribution in [2.24, 2.45) is 5.73 Å². The van der Waals surface area contributed by atoms with E-state index >= 15 is 0 Å². The summed E-state index contributed by atoms with van der Waals surface area (Å²) in [5.74, 6) is 2.44. The van der Waals surface area contributed by atoms with Crippen LogP contribution in [-0.2, 0) is 6.54 Å². The fourth-order valence-corrected chi connectivity index (χ4v) is 3.06. The van der Waals surface area contributed by atoms with Gasteiger partial charge in [-0.15, -0.1) is 0 Å². The van der Waals surface area contributed by atoms with E-state index in [1.807, 2.05) is 36.4 Å². The van der Waals surface area contributed by atoms with E-state index in [2.05, 4.69) is 11.0 Å². The molecule has 1 saturated heterocycles. The van der Waals surface area contributed by atoms with Crippen molar-refractivity contribution < 1.29 is 9.47 Å². The van der Waals surface area contributed by atoms with Crippen molar-refractivity contribution in [1.29, 1.82) is 0 Å². The highest BCUT2D eigenvalue weighted by atomic mass is 16.5. The molecule has 4 nitrogen and oxygen atoms in total. The van der Waals surface area contributed by atoms with Crippen LogP contribution in [-0.4, -0.2) is 20.2 Å². The molecule has 0 bridgehead atoms. The highest BCUT2D eigenvalue weighted by Crippen LogP contribution is 2.34. The van der Waals surface area contributed by atoms with Gasteiger partial charge in [0.25, 0.3) is 0 Å². The van der Waals surface area contributed by atoms with E-state index in [1.54, 1.807) is 7.11 Å². The Morgan fingerprint density at radius 1 is 0.957 bits per heavy atom. The maximum atomic E-state index is 6.07. The summed E-state index contributed by atoms with van der Waals surface area (Å²) in [5.41, 5.74) is 8.31. The highest BCUT2D eigenvalue weighted by Gasteiger charge is 2.17. The van der Waals surface area contributed by atoms with E-state index in [0.717, 1.165) is 35.9 Å². The Morgan fingerprint density at radius 3 is 2.30 bits per heavy atom. The Bertz CT molecular complexity index is 634. The van der Waals surface area contributed by atoms with Gasteiger partial charge in [0.1, 0.15) is 17.2 Å². The Kier molecular flexibility index (Phi) is 5.03. The van der Waals surface area contributed by atoms with Crippen molar-refractivity contribution in [3.05, 3.63) is 48.0 Å². The molecule has 122 valence electrons. The lowest BCUT2D eigenvalue weighted by Gasteiger charge is -2.31. The van der Waals surface area contributed by atoms with Gasteiger partial charge in [-0.3, -0.25) is 0 Å². The van der Waals surface area contributed by atoms with Gasteiger partial charge < -0.3 is 20.1 Å². The zero-order valence-electron chi connectivity index (χ0n) is 13.6. The number of nitrogens with two attached hydrogens (primary N) is 1. The molecular formula is C19H24N2O2. The lowest BCUT2D eigenvalue weighted by Crippen LogP contribution is -2.30. The molecular weight excluding hydrogens is 288 g/mol. The second-order valence-electron chi connectivity index (χ2n) is 5.78. The molecule has 0 amide bonds. The number of piperidine rings is 1. The molecule has 1 aliphatic heterocycles. The average Bonchev–Trinajstić information content (AvgIpc) is 2.63. The maximum Gasteiger partial charge on any atom is 0.133 e. The van der Waals surface area contributed by atoms with Gasteiger partial charge >= 0.3 is 0 Å². The van der Waals surface area contributed by atoms with Crippen molar-refractivity contribution in [3.63, 3.8) is 0 Å². The largest absolute Gasteiger partial charge is 0.497 e. The Hall–Kier alpha value is -2.20. The molecule has 0 aromatic heterocycles. The van der Waals surface area contributed by atoms with E-state index in [4.69, 9.17) is 15.2 Å². The first-order chi connectivity index (χ1) is 11.3. The molecule has 3 rings (SSSR count). The van der Waals surface area contributed by atoms with E-state index in [-0.39, 0.29) is 0 Å². The van der Waals surface area contributed by atoms with Crippen molar-refractivity contribution in [2.75, 3.05) is 25.1 Å². The number of hydrogen-bond acceptors (Lipinski definition) is 4. The molecule has 0 saturated carbocycles. The molecule has 0 unspecified atom stereocenters. The zero-order chi connectivity index (χ0) is 16.1. The fourth-order valence-electron chi connectivity index (χ4n) is 3.06. The molecule has 2 aromatic carbocycles. The topological polar surface area (TPSA) is 47.7 Å². The standard InChI is InChI=1S/C19H24N2O2/c1-22-15-8-10-16(11-9-15)23-19-7-5-6-18(17(19)14-20)21-12-3-2-4-13-21/h5-11H,2-4,12-14,20H2,1H3. The molecule has 2 N–H and O–H groups in total. The van der Waals surface area contributed by atoms with E-state index in [9.17, 15) is 0 Å². The van der Waals surface area contributed by atoms with Gasteiger partial charge in [0.2, 0.25) is 0 Å². The van der Waals surface area contributed by atoms with Gasteiger partial charge in [0.15, 0.2) is 0 Å². The number of ether oxygens (including phenoxy) is 2. The van der Waals surface area contributed by atoms with Gasteiger partial charge in [0.05, 0.1) is 7.11 Å². The zero-order valence-corrected chi connectivity index (χ0v) is 13.6. The molecule has 4 heteroatoms. The molecule has 0 atom stereocenters. The van der Waals surface area contributed by atoms with Crippen LogP contribution in [0.5, 0.6) is 17.2 Å². The molecule has 0 spiro atoms. The monoisotopic (exact) mass is 312 g/mol. The Labute approximate surface area is 137 Å². The van der Waals surface area contributed by atoms with Crippen LogP contribution in [0, 0.1) is 0 Å². The van der Waals surface area contributed by atoms with E-state index in [1.165, 1.54) is 24.9 Å². The van der Waals surface area contributed by atoms with Crippen LogP contribution < -0.4 is 20.1 Å². The van der Waals surface area contributed by atoms with Crippen molar-refractivity contribution in [1.82, 2.24) is 0 Å². The predicted molar refractivity (Wildman–Crippen MR) is 93.5 cm³/mol. The number of rotatable bonds is 5. The third-order valence-electron chi connectivity index (χ3n) is 4.30. The first-order valence-electron chi connectivity index (χ1n) is 8.20. The number of nitrogens with zero attached hydrogens (tertiary/aromatic N) is 1. The third kappa shape index (κ3) is 3.59. The van der Waals surface area contributed by atoms with Gasteiger partial charge in [0, 0.05) is 30.9 Å². The van der Waals surface area contributed by atoms with Crippen LogP contribution in [0.2, 0.25) is 0 Å². The van der Waals surface area contributed by atoms with Gasteiger partial charge in [-0.2, -0.15) is 0 Å². The summed E-state index contributed by atoms with van der Waals surface area (Å²) in [4.78, 5) is 2.42. The third-order valence-corrected chi connectivity index (χ3v) is 4.30. The average molecular weight is 312 g/mol. The van der Waals surface area contributed by atoms with Crippen LogP contribution in [0.4, 0.5) is 5.69 Å². The molecule has 1 heterocycles. The summed E-state index contributed by atoms with van der Waals surface area (Å²) in [6.45, 7) is 2.66. The predicted octanol–water partition coefficient (Wildman–Crippen LogP) is 3.94. The minimum atomic E-state index is 0.470. The van der Waals surface area contributed by atoms with Crippen molar-refractivity contribution >= 4 is 5.69 Å². The number of hydrogen-bond donors (Lipinski definition) is 1.